The fourth-order valence-corrected chi connectivity index (χ4v) is 5.79. The van der Waals surface area contributed by atoms with Crippen molar-refractivity contribution in [1.82, 2.24) is 4.98 Å². The van der Waals surface area contributed by atoms with Crippen molar-refractivity contribution in [3.8, 4) is 22.4 Å². The number of hydrogen-bond donors (Lipinski definition) is 0. The average Bonchev–Trinajstić information content (AvgIpc) is 2.85. The molecule has 5 rings (SSSR count). The molecule has 4 aromatic rings. The summed E-state index contributed by atoms with van der Waals surface area (Å²) in [5, 5.41) is 1.22. The van der Waals surface area contributed by atoms with E-state index in [4.69, 9.17) is 4.98 Å². The minimum absolute atomic E-state index is 0.179. The van der Waals surface area contributed by atoms with E-state index in [9.17, 15) is 0 Å². The van der Waals surface area contributed by atoms with Gasteiger partial charge in [0.05, 0.1) is 11.2 Å². The second kappa shape index (κ2) is 7.83. The smallest absolute Gasteiger partial charge is 0.0716 e. The van der Waals surface area contributed by atoms with E-state index >= 15 is 0 Å². The Morgan fingerprint density at radius 2 is 1.33 bits per heavy atom. The van der Waals surface area contributed by atoms with Gasteiger partial charge in [-0.3, -0.25) is 0 Å². The Morgan fingerprint density at radius 1 is 0.667 bits per heavy atom. The molecule has 0 fully saturated rings. The lowest BCUT2D eigenvalue weighted by Gasteiger charge is -2.30. The first-order valence-electron chi connectivity index (χ1n) is 12.3. The van der Waals surface area contributed by atoms with Gasteiger partial charge < -0.3 is 0 Å². The van der Waals surface area contributed by atoms with Crippen LogP contribution in [0.4, 0.5) is 0 Å². The minimum Gasteiger partial charge on any atom is -0.248 e. The maximum absolute atomic E-state index is 5.07. The molecule has 1 heterocycles. The molecule has 1 aliphatic rings. The Bertz CT molecular complexity index is 1340. The fraction of sp³-hybridized carbons (Fsp3) is 0.344. The van der Waals surface area contributed by atoms with E-state index in [-0.39, 0.29) is 10.8 Å². The van der Waals surface area contributed by atoms with Crippen molar-refractivity contribution in [2.24, 2.45) is 0 Å². The summed E-state index contributed by atoms with van der Waals surface area (Å²) in [6.45, 7) is 14.0. The number of aromatic nitrogens is 1. The van der Waals surface area contributed by atoms with Crippen LogP contribution in [0.1, 0.15) is 69.2 Å². The lowest BCUT2D eigenvalue weighted by atomic mass is 9.74. The molecular formula is C32H35N. The van der Waals surface area contributed by atoms with Crippen molar-refractivity contribution in [1.29, 1.82) is 0 Å². The number of hydrogen-bond acceptors (Lipinski definition) is 1. The maximum Gasteiger partial charge on any atom is 0.0716 e. The molecule has 3 aromatic carbocycles. The first kappa shape index (κ1) is 21.9. The van der Waals surface area contributed by atoms with Crippen LogP contribution in [-0.4, -0.2) is 4.98 Å². The van der Waals surface area contributed by atoms with Crippen molar-refractivity contribution < 1.29 is 0 Å². The summed E-state index contributed by atoms with van der Waals surface area (Å²) in [5.74, 6) is 0. The molecule has 1 nitrogen and oxygen atoms in total. The number of pyridine rings is 1. The van der Waals surface area contributed by atoms with Gasteiger partial charge in [-0.25, -0.2) is 4.98 Å². The van der Waals surface area contributed by atoms with Gasteiger partial charge in [0.1, 0.15) is 0 Å². The second-order valence-corrected chi connectivity index (χ2v) is 11.3. The predicted octanol–water partition coefficient (Wildman–Crippen LogP) is 8.92. The van der Waals surface area contributed by atoms with Crippen LogP contribution in [0, 0.1) is 13.8 Å². The first-order valence-corrected chi connectivity index (χ1v) is 12.3. The molecule has 0 N–H and O–H groups in total. The lowest BCUT2D eigenvalue weighted by Crippen LogP contribution is -2.21. The highest BCUT2D eigenvalue weighted by Gasteiger charge is 2.34. The van der Waals surface area contributed by atoms with E-state index in [1.165, 1.54) is 63.6 Å². The highest BCUT2D eigenvalue weighted by atomic mass is 14.7. The number of nitrogens with zero attached hydrogens (tertiary/aromatic N) is 1. The normalized spacial score (nSPS) is 16.9. The summed E-state index contributed by atoms with van der Waals surface area (Å²) in [5.41, 5.74) is 11.8. The van der Waals surface area contributed by atoms with Gasteiger partial charge in [0.25, 0.3) is 0 Å². The fourth-order valence-electron chi connectivity index (χ4n) is 5.79. The quantitative estimate of drug-likeness (QED) is 0.288. The van der Waals surface area contributed by atoms with Crippen LogP contribution in [0.3, 0.4) is 0 Å². The Labute approximate surface area is 198 Å². The summed E-state index contributed by atoms with van der Waals surface area (Å²) < 4.78 is 0. The van der Waals surface area contributed by atoms with E-state index in [2.05, 4.69) is 108 Å². The van der Waals surface area contributed by atoms with Gasteiger partial charge in [-0.1, -0.05) is 87.7 Å². The van der Waals surface area contributed by atoms with Crippen LogP contribution in [0.2, 0.25) is 0 Å². The van der Waals surface area contributed by atoms with Crippen LogP contribution < -0.4 is 0 Å². The number of benzene rings is 3. The Kier molecular flexibility index (Phi) is 5.20. The third-order valence-electron chi connectivity index (χ3n) is 7.63. The van der Waals surface area contributed by atoms with Gasteiger partial charge in [-0.2, -0.15) is 0 Å². The monoisotopic (exact) mass is 433 g/mol. The zero-order chi connectivity index (χ0) is 23.4. The summed E-state index contributed by atoms with van der Waals surface area (Å²) in [6.07, 6.45) is 3.76. The highest BCUT2D eigenvalue weighted by Crippen LogP contribution is 2.45. The SMILES string of the molecule is Cc1cc(C)cc(-c2cc(-c3ccc4c(c3)C(C)(C)CCCC4(C)C)c3ccccc3n2)c1. The largest absolute Gasteiger partial charge is 0.248 e. The van der Waals surface area contributed by atoms with Crippen molar-refractivity contribution in [2.45, 2.75) is 71.6 Å². The molecule has 0 aliphatic heterocycles. The third-order valence-corrected chi connectivity index (χ3v) is 7.63. The standard InChI is InChI=1S/C32H35N/c1-21-16-22(2)18-24(17-21)30-20-26(25-10-7-8-11-29(25)33-30)23-12-13-27-28(19-23)32(5,6)15-9-14-31(27,3)4/h7-8,10-13,16-20H,9,14-15H2,1-6H3. The molecule has 0 radical (unpaired) electrons. The van der Waals surface area contributed by atoms with Crippen molar-refractivity contribution in [3.63, 3.8) is 0 Å². The van der Waals surface area contributed by atoms with Crippen molar-refractivity contribution in [3.05, 3.63) is 89.0 Å². The molecule has 0 unspecified atom stereocenters. The number of aryl methyl sites for hydroxylation is 2. The van der Waals surface area contributed by atoms with E-state index in [0.29, 0.717) is 0 Å². The first-order chi connectivity index (χ1) is 15.6. The number of rotatable bonds is 2. The molecule has 0 atom stereocenters. The lowest BCUT2D eigenvalue weighted by molar-refractivity contribution is 0.433. The number of fused-ring (bicyclic) bond motifs is 2. The van der Waals surface area contributed by atoms with Crippen molar-refractivity contribution >= 4 is 10.9 Å². The molecule has 0 spiro atoms. The summed E-state index contributed by atoms with van der Waals surface area (Å²) in [7, 11) is 0. The van der Waals surface area contributed by atoms with Gasteiger partial charge in [-0.05, 0) is 84.0 Å². The maximum atomic E-state index is 5.07. The molecule has 1 heteroatoms. The van der Waals surface area contributed by atoms with Crippen LogP contribution in [0.5, 0.6) is 0 Å². The molecule has 1 aliphatic carbocycles. The second-order valence-electron chi connectivity index (χ2n) is 11.3. The van der Waals surface area contributed by atoms with Crippen LogP contribution in [-0.2, 0) is 10.8 Å². The number of para-hydroxylation sites is 1. The van der Waals surface area contributed by atoms with Gasteiger partial charge in [0.15, 0.2) is 0 Å². The summed E-state index contributed by atoms with van der Waals surface area (Å²) in [6, 6.07) is 24.8. The molecule has 1 aromatic heterocycles. The van der Waals surface area contributed by atoms with E-state index in [0.717, 1.165) is 11.2 Å². The van der Waals surface area contributed by atoms with E-state index in [1.54, 1.807) is 0 Å². The van der Waals surface area contributed by atoms with Gasteiger partial charge in [0.2, 0.25) is 0 Å². The predicted molar refractivity (Wildman–Crippen MR) is 142 cm³/mol. The molecule has 0 saturated carbocycles. The highest BCUT2D eigenvalue weighted by molar-refractivity contribution is 5.97. The summed E-state index contributed by atoms with van der Waals surface area (Å²) >= 11 is 0. The Balaban J connectivity index is 1.76. The minimum atomic E-state index is 0.179. The van der Waals surface area contributed by atoms with Crippen molar-refractivity contribution in [2.75, 3.05) is 0 Å². The molecule has 0 amide bonds. The van der Waals surface area contributed by atoms with Crippen LogP contribution in [0.15, 0.2) is 66.7 Å². The van der Waals surface area contributed by atoms with Gasteiger partial charge in [0, 0.05) is 10.9 Å². The Hall–Kier alpha value is -2.93. The molecule has 0 saturated heterocycles. The van der Waals surface area contributed by atoms with E-state index < -0.39 is 0 Å². The van der Waals surface area contributed by atoms with Crippen LogP contribution >= 0.6 is 0 Å². The summed E-state index contributed by atoms with van der Waals surface area (Å²) in [4.78, 5) is 5.07. The van der Waals surface area contributed by atoms with Gasteiger partial charge >= 0.3 is 0 Å². The Morgan fingerprint density at radius 3 is 2.06 bits per heavy atom. The average molecular weight is 434 g/mol. The zero-order valence-electron chi connectivity index (χ0n) is 20.9. The molecule has 0 bridgehead atoms. The van der Waals surface area contributed by atoms with E-state index in [1.807, 2.05) is 0 Å². The molecule has 168 valence electrons. The third kappa shape index (κ3) is 3.99. The zero-order valence-corrected chi connectivity index (χ0v) is 20.9. The van der Waals surface area contributed by atoms with Crippen LogP contribution in [0.25, 0.3) is 33.3 Å². The topological polar surface area (TPSA) is 12.9 Å². The molecular weight excluding hydrogens is 398 g/mol. The molecule has 33 heavy (non-hydrogen) atoms. The van der Waals surface area contributed by atoms with Gasteiger partial charge in [-0.15, -0.1) is 0 Å².